The maximum Gasteiger partial charge on any atom is 0.118 e. The molecule has 50 valence electrons. The molecule has 2 heterocycles. The second-order valence-corrected chi connectivity index (χ2v) is 3.32. The fraction of sp³-hybridized carbons (Fsp3) is 0.167. The van der Waals surface area contributed by atoms with Crippen molar-refractivity contribution >= 4 is 40.4 Å². The van der Waals surface area contributed by atoms with Gasteiger partial charge in [-0.15, -0.1) is 0 Å². The Morgan fingerprint density at radius 2 is 2.50 bits per heavy atom. The van der Waals surface area contributed by atoms with E-state index < -0.39 is 0 Å². The first-order valence-corrected chi connectivity index (χ1v) is 4.14. The van der Waals surface area contributed by atoms with E-state index in [4.69, 9.17) is 12.2 Å². The Labute approximate surface area is 68.1 Å². The highest BCUT2D eigenvalue weighted by molar-refractivity contribution is 8.17. The van der Waals surface area contributed by atoms with Crippen LogP contribution in [0.3, 0.4) is 0 Å². The van der Waals surface area contributed by atoms with E-state index in [1.54, 1.807) is 11.8 Å². The summed E-state index contributed by atoms with van der Waals surface area (Å²) in [4.78, 5) is 8.73. The first kappa shape index (κ1) is 6.24. The number of thioether (sulfide) groups is 1. The highest BCUT2D eigenvalue weighted by atomic mass is 32.2. The van der Waals surface area contributed by atoms with Crippen LogP contribution in [0.25, 0.3) is 0 Å². The molecule has 1 unspecified atom stereocenters. The number of nitrogens with zero attached hydrogens (tertiary/aromatic N) is 2. The lowest BCUT2D eigenvalue weighted by molar-refractivity contribution is 1.23. The van der Waals surface area contributed by atoms with Gasteiger partial charge in [0.15, 0.2) is 0 Å². The zero-order valence-corrected chi connectivity index (χ0v) is 6.65. The third-order valence-corrected chi connectivity index (χ3v) is 2.62. The van der Waals surface area contributed by atoms with Gasteiger partial charge in [0.05, 0.1) is 11.0 Å². The molecule has 2 rings (SSSR count). The van der Waals surface area contributed by atoms with Gasteiger partial charge in [0.1, 0.15) is 11.3 Å². The van der Waals surface area contributed by atoms with Crippen LogP contribution in [0.1, 0.15) is 0 Å². The van der Waals surface area contributed by atoms with Crippen molar-refractivity contribution in [1.29, 1.82) is 0 Å². The van der Waals surface area contributed by atoms with Crippen molar-refractivity contribution in [2.24, 2.45) is 15.9 Å². The average molecular weight is 168 g/mol. The van der Waals surface area contributed by atoms with Crippen molar-refractivity contribution in [1.82, 2.24) is 0 Å². The minimum Gasteiger partial charge on any atom is -0.233 e. The fourth-order valence-electron chi connectivity index (χ4n) is 0.865. The molecule has 0 spiro atoms. The Kier molecular flexibility index (Phi) is 1.43. The van der Waals surface area contributed by atoms with Gasteiger partial charge < -0.3 is 0 Å². The summed E-state index contributed by atoms with van der Waals surface area (Å²) < 4.78 is 0. The van der Waals surface area contributed by atoms with Crippen LogP contribution in [0, 0.1) is 5.92 Å². The van der Waals surface area contributed by atoms with Crippen LogP contribution < -0.4 is 0 Å². The quantitative estimate of drug-likeness (QED) is 0.513. The van der Waals surface area contributed by atoms with E-state index in [1.807, 2.05) is 11.5 Å². The monoisotopic (exact) mass is 168 g/mol. The van der Waals surface area contributed by atoms with Crippen molar-refractivity contribution in [3.63, 3.8) is 0 Å². The van der Waals surface area contributed by atoms with Crippen molar-refractivity contribution in [2.75, 3.05) is 0 Å². The Hall–Kier alpha value is -0.480. The SMILES string of the molecule is S=C1N=CN=C2SC=CC12. The normalized spacial score (nSPS) is 28.6. The molecule has 0 aromatic rings. The minimum atomic E-state index is 0.199. The Morgan fingerprint density at radius 1 is 1.60 bits per heavy atom. The summed E-state index contributed by atoms with van der Waals surface area (Å²) in [5, 5.41) is 3.06. The third kappa shape index (κ3) is 0.839. The van der Waals surface area contributed by atoms with Gasteiger partial charge in [-0.1, -0.05) is 30.1 Å². The number of thiocarbonyl (C=S) groups is 1. The third-order valence-electron chi connectivity index (χ3n) is 1.36. The average Bonchev–Trinajstić information content (AvgIpc) is 2.36. The molecular weight excluding hydrogens is 164 g/mol. The number of hydrogen-bond donors (Lipinski definition) is 0. The largest absolute Gasteiger partial charge is 0.233 e. The molecule has 2 nitrogen and oxygen atoms in total. The van der Waals surface area contributed by atoms with E-state index in [2.05, 4.69) is 9.98 Å². The number of fused-ring (bicyclic) bond motifs is 1. The molecule has 0 radical (unpaired) electrons. The Bertz CT molecular complexity index is 265. The van der Waals surface area contributed by atoms with E-state index >= 15 is 0 Å². The van der Waals surface area contributed by atoms with Crippen LogP contribution in [0.15, 0.2) is 21.5 Å². The smallest absolute Gasteiger partial charge is 0.118 e. The highest BCUT2D eigenvalue weighted by Crippen LogP contribution is 2.27. The summed E-state index contributed by atoms with van der Waals surface area (Å²) in [5.74, 6) is 0.199. The van der Waals surface area contributed by atoms with Gasteiger partial charge in [-0.3, -0.25) is 0 Å². The molecule has 4 heteroatoms. The number of aliphatic imine (C=N–C) groups is 2. The first-order valence-electron chi connectivity index (χ1n) is 2.85. The molecule has 0 aromatic carbocycles. The molecule has 0 saturated heterocycles. The molecule has 0 bridgehead atoms. The van der Waals surface area contributed by atoms with Gasteiger partial charge in [0.2, 0.25) is 0 Å². The molecule has 0 saturated carbocycles. The van der Waals surface area contributed by atoms with Crippen molar-refractivity contribution < 1.29 is 0 Å². The zero-order valence-electron chi connectivity index (χ0n) is 5.02. The summed E-state index contributed by atoms with van der Waals surface area (Å²) in [6.07, 6.45) is 3.55. The van der Waals surface area contributed by atoms with Crippen LogP contribution in [-0.4, -0.2) is 16.4 Å². The van der Waals surface area contributed by atoms with Crippen molar-refractivity contribution in [3.05, 3.63) is 11.5 Å². The van der Waals surface area contributed by atoms with E-state index in [1.165, 1.54) is 6.34 Å². The van der Waals surface area contributed by atoms with E-state index in [0.717, 1.165) is 10.0 Å². The van der Waals surface area contributed by atoms with Gasteiger partial charge in [-0.2, -0.15) is 0 Å². The molecule has 0 fully saturated rings. The number of hydrogen-bond acceptors (Lipinski definition) is 3. The van der Waals surface area contributed by atoms with Gasteiger partial charge in [-0.05, 0) is 5.41 Å². The Balaban J connectivity index is 2.40. The van der Waals surface area contributed by atoms with Crippen molar-refractivity contribution in [3.8, 4) is 0 Å². The summed E-state index contributed by atoms with van der Waals surface area (Å²) in [6.45, 7) is 0. The molecule has 0 aliphatic carbocycles. The standard InChI is InChI=1S/C6H4N2S2/c9-5-4-1-2-10-6(4)8-3-7-5/h1-4H. The molecule has 2 aliphatic rings. The van der Waals surface area contributed by atoms with E-state index in [-0.39, 0.29) is 5.92 Å². The molecule has 2 aliphatic heterocycles. The molecule has 0 N–H and O–H groups in total. The summed E-state index contributed by atoms with van der Waals surface area (Å²) in [5.41, 5.74) is 0. The van der Waals surface area contributed by atoms with Crippen LogP contribution in [-0.2, 0) is 0 Å². The summed E-state index contributed by atoms with van der Waals surface area (Å²) in [6, 6.07) is 0. The Morgan fingerprint density at radius 3 is 3.30 bits per heavy atom. The highest BCUT2D eigenvalue weighted by Gasteiger charge is 2.23. The van der Waals surface area contributed by atoms with Gasteiger partial charge in [0, 0.05) is 0 Å². The summed E-state index contributed by atoms with van der Waals surface area (Å²) >= 11 is 6.62. The number of rotatable bonds is 0. The summed E-state index contributed by atoms with van der Waals surface area (Å²) in [7, 11) is 0. The topological polar surface area (TPSA) is 24.7 Å². The first-order chi connectivity index (χ1) is 4.88. The van der Waals surface area contributed by atoms with Crippen LogP contribution in [0.5, 0.6) is 0 Å². The van der Waals surface area contributed by atoms with E-state index in [9.17, 15) is 0 Å². The van der Waals surface area contributed by atoms with E-state index in [0.29, 0.717) is 0 Å². The molecule has 0 amide bonds. The lowest BCUT2D eigenvalue weighted by atomic mass is 10.1. The van der Waals surface area contributed by atoms with Gasteiger partial charge >= 0.3 is 0 Å². The molecular formula is C6H4N2S2. The second kappa shape index (κ2) is 2.29. The lowest BCUT2D eigenvalue weighted by Crippen LogP contribution is -2.16. The van der Waals surface area contributed by atoms with Gasteiger partial charge in [0.25, 0.3) is 0 Å². The van der Waals surface area contributed by atoms with Crippen LogP contribution in [0.2, 0.25) is 0 Å². The second-order valence-electron chi connectivity index (χ2n) is 1.97. The fourth-order valence-corrected chi connectivity index (χ4v) is 2.00. The molecule has 0 aromatic heterocycles. The predicted molar refractivity (Wildman–Crippen MR) is 48.7 cm³/mol. The maximum atomic E-state index is 5.00. The van der Waals surface area contributed by atoms with Crippen LogP contribution >= 0.6 is 24.0 Å². The predicted octanol–water partition coefficient (Wildman–Crippen LogP) is 1.63. The lowest BCUT2D eigenvalue weighted by Gasteiger charge is -2.08. The van der Waals surface area contributed by atoms with Crippen LogP contribution in [0.4, 0.5) is 0 Å². The van der Waals surface area contributed by atoms with Crippen molar-refractivity contribution in [2.45, 2.75) is 0 Å². The maximum absolute atomic E-state index is 5.00. The zero-order chi connectivity index (χ0) is 6.97. The molecule has 1 atom stereocenters. The minimum absolute atomic E-state index is 0.199. The van der Waals surface area contributed by atoms with Gasteiger partial charge in [-0.25, -0.2) is 9.98 Å². The molecule has 10 heavy (non-hydrogen) atoms.